The first kappa shape index (κ1) is 26.0. The minimum atomic E-state index is -5.68. The van der Waals surface area contributed by atoms with Crippen LogP contribution >= 0.6 is 23.5 Å². The Morgan fingerprint density at radius 1 is 1.21 bits per heavy atom. The molecule has 3 amide bonds. The third-order valence-electron chi connectivity index (χ3n) is 3.19. The van der Waals surface area contributed by atoms with Gasteiger partial charge in [-0.1, -0.05) is 6.58 Å². The number of imide groups is 1. The number of carbonyl (C=O) groups excluding carboxylic acids is 2. The lowest BCUT2D eigenvalue weighted by Crippen LogP contribution is -2.45. The number of aliphatic hydroxyl groups is 1. The van der Waals surface area contributed by atoms with Gasteiger partial charge in [0.25, 0.3) is 5.91 Å². The first-order valence-corrected chi connectivity index (χ1v) is 11.9. The molecule has 1 aliphatic rings. The summed E-state index contributed by atoms with van der Waals surface area (Å²) in [5, 5.41) is 11.8. The molecule has 1 rings (SSSR count). The minimum absolute atomic E-state index is 0.184. The lowest BCUT2D eigenvalue weighted by molar-refractivity contribution is -0.116. The maximum absolute atomic E-state index is 11.8. The van der Waals surface area contributed by atoms with Crippen molar-refractivity contribution in [3.05, 3.63) is 12.7 Å². The number of phosphoric acid groups is 3. The van der Waals surface area contributed by atoms with Gasteiger partial charge in [-0.05, 0) is 6.08 Å². The second kappa shape index (κ2) is 9.88. The Hall–Kier alpha value is -0.990. The molecule has 1 aliphatic heterocycles. The fourth-order valence-corrected chi connectivity index (χ4v) is 4.98. The topological polar surface area (TPSA) is 239 Å². The van der Waals surface area contributed by atoms with Crippen molar-refractivity contribution in [1.82, 2.24) is 10.2 Å². The highest BCUT2D eigenvalue weighted by Gasteiger charge is 2.43. The zero-order chi connectivity index (χ0) is 22.6. The van der Waals surface area contributed by atoms with Crippen LogP contribution in [0.25, 0.3) is 0 Å². The Labute approximate surface area is 163 Å². The van der Waals surface area contributed by atoms with Gasteiger partial charge in [-0.15, -0.1) is 0 Å². The van der Waals surface area contributed by atoms with Crippen molar-refractivity contribution in [1.29, 1.82) is 0 Å². The van der Waals surface area contributed by atoms with Crippen LogP contribution in [-0.2, 0) is 36.4 Å². The van der Waals surface area contributed by atoms with Gasteiger partial charge >= 0.3 is 29.5 Å². The van der Waals surface area contributed by atoms with Crippen LogP contribution in [-0.4, -0.2) is 73.6 Å². The SMILES string of the molecule is C=CC(=O)NC(=O)N(C)C1CC(O)C(COP(=O)(O)OP(=O)(O)OP(=O)(O)O)O1. The third kappa shape index (κ3) is 9.13. The van der Waals surface area contributed by atoms with Crippen molar-refractivity contribution in [2.45, 2.75) is 24.9 Å². The summed E-state index contributed by atoms with van der Waals surface area (Å²) in [6.45, 7) is 2.28. The van der Waals surface area contributed by atoms with Crippen LogP contribution in [0.15, 0.2) is 12.7 Å². The Morgan fingerprint density at radius 2 is 1.79 bits per heavy atom. The molecule has 1 heterocycles. The average molecular weight is 484 g/mol. The highest BCUT2D eigenvalue weighted by molar-refractivity contribution is 7.66. The maximum Gasteiger partial charge on any atom is 0.490 e. The minimum Gasteiger partial charge on any atom is -0.390 e. The van der Waals surface area contributed by atoms with Crippen molar-refractivity contribution in [2.24, 2.45) is 0 Å². The van der Waals surface area contributed by atoms with Gasteiger partial charge in [0.05, 0.1) is 12.7 Å². The van der Waals surface area contributed by atoms with E-state index in [-0.39, 0.29) is 6.42 Å². The molecule has 0 aliphatic carbocycles. The van der Waals surface area contributed by atoms with Crippen LogP contribution in [0.1, 0.15) is 6.42 Å². The number of hydrogen-bond acceptors (Lipinski definition) is 10. The molecule has 5 unspecified atom stereocenters. The predicted octanol–water partition coefficient (Wildman–Crippen LogP) is -0.840. The van der Waals surface area contributed by atoms with E-state index in [4.69, 9.17) is 19.4 Å². The molecule has 0 aromatic rings. The van der Waals surface area contributed by atoms with E-state index in [1.54, 1.807) is 0 Å². The summed E-state index contributed by atoms with van der Waals surface area (Å²) in [5.74, 6) is -0.787. The second-order valence-corrected chi connectivity index (χ2v) is 9.85. The van der Waals surface area contributed by atoms with Crippen molar-refractivity contribution >= 4 is 35.4 Å². The molecule has 0 saturated carbocycles. The molecule has 0 bridgehead atoms. The maximum atomic E-state index is 11.8. The zero-order valence-electron chi connectivity index (χ0n) is 14.6. The molecule has 16 nitrogen and oxygen atoms in total. The van der Waals surface area contributed by atoms with E-state index in [9.17, 15) is 33.3 Å². The summed E-state index contributed by atoms with van der Waals surface area (Å²) in [4.78, 5) is 59.1. The quantitative estimate of drug-likeness (QED) is 0.173. The van der Waals surface area contributed by atoms with Gasteiger partial charge < -0.3 is 34.3 Å². The van der Waals surface area contributed by atoms with Crippen molar-refractivity contribution < 1.29 is 65.8 Å². The van der Waals surface area contributed by atoms with E-state index in [0.29, 0.717) is 0 Å². The number of urea groups is 1. The van der Waals surface area contributed by atoms with E-state index in [1.165, 1.54) is 7.05 Å². The Morgan fingerprint density at radius 3 is 2.31 bits per heavy atom. The van der Waals surface area contributed by atoms with Gasteiger partial charge in [0.15, 0.2) is 0 Å². The predicted molar refractivity (Wildman–Crippen MR) is 90.6 cm³/mol. The second-order valence-electron chi connectivity index (χ2n) is 5.43. The zero-order valence-corrected chi connectivity index (χ0v) is 17.3. The molecule has 0 aromatic carbocycles. The summed E-state index contributed by atoms with van der Waals surface area (Å²) >= 11 is 0. The molecule has 5 atom stereocenters. The molecule has 29 heavy (non-hydrogen) atoms. The molecule has 19 heteroatoms. The first-order chi connectivity index (χ1) is 13.1. The van der Waals surface area contributed by atoms with Crippen LogP contribution in [0.2, 0.25) is 0 Å². The van der Waals surface area contributed by atoms with Gasteiger partial charge in [0.2, 0.25) is 0 Å². The molecular formula is C10H19N2O14P3. The largest absolute Gasteiger partial charge is 0.490 e. The summed E-state index contributed by atoms with van der Waals surface area (Å²) in [7, 11) is -15.4. The highest BCUT2D eigenvalue weighted by atomic mass is 31.3. The van der Waals surface area contributed by atoms with Gasteiger partial charge in [-0.3, -0.25) is 14.6 Å². The van der Waals surface area contributed by atoms with Crippen molar-refractivity contribution in [2.75, 3.05) is 13.7 Å². The molecular weight excluding hydrogens is 465 g/mol. The number of carbonyl (C=O) groups is 2. The number of aliphatic hydroxyl groups excluding tert-OH is 1. The van der Waals surface area contributed by atoms with Crippen LogP contribution in [0, 0.1) is 0 Å². The number of nitrogens with one attached hydrogen (secondary N) is 1. The van der Waals surface area contributed by atoms with E-state index in [0.717, 1.165) is 11.0 Å². The molecule has 0 radical (unpaired) electrons. The normalized spacial score (nSPS) is 26.2. The summed E-state index contributed by atoms with van der Waals surface area (Å²) in [6.07, 6.45) is -3.04. The fraction of sp³-hybridized carbons (Fsp3) is 0.600. The number of phosphoric ester groups is 1. The smallest absolute Gasteiger partial charge is 0.390 e. The molecule has 1 fully saturated rings. The van der Waals surface area contributed by atoms with Crippen LogP contribution in [0.5, 0.6) is 0 Å². The van der Waals surface area contributed by atoms with Crippen molar-refractivity contribution in [3.8, 4) is 0 Å². The van der Waals surface area contributed by atoms with E-state index < -0.39 is 60.4 Å². The number of nitrogens with zero attached hydrogens (tertiary/aromatic N) is 1. The van der Waals surface area contributed by atoms with Gasteiger partial charge in [-0.2, -0.15) is 8.62 Å². The van der Waals surface area contributed by atoms with Crippen LogP contribution in [0.4, 0.5) is 4.79 Å². The van der Waals surface area contributed by atoms with E-state index >= 15 is 0 Å². The van der Waals surface area contributed by atoms with Gasteiger partial charge in [-0.25, -0.2) is 18.5 Å². The third-order valence-corrected chi connectivity index (χ3v) is 6.99. The monoisotopic (exact) mass is 484 g/mol. The van der Waals surface area contributed by atoms with E-state index in [1.807, 2.05) is 5.32 Å². The summed E-state index contributed by atoms with van der Waals surface area (Å²) in [6, 6.07) is -0.888. The van der Waals surface area contributed by atoms with E-state index in [2.05, 4.69) is 19.7 Å². The number of rotatable bonds is 9. The first-order valence-electron chi connectivity index (χ1n) is 7.37. The van der Waals surface area contributed by atoms with Gasteiger partial charge in [0, 0.05) is 13.5 Å². The Bertz CT molecular complexity index is 782. The summed E-state index contributed by atoms with van der Waals surface area (Å²) in [5.41, 5.74) is 0. The summed E-state index contributed by atoms with van der Waals surface area (Å²) < 4.78 is 50.1. The number of ether oxygens (including phenoxy) is 1. The van der Waals surface area contributed by atoms with Gasteiger partial charge in [0.1, 0.15) is 12.3 Å². The number of hydrogen-bond donors (Lipinski definition) is 6. The highest BCUT2D eigenvalue weighted by Crippen LogP contribution is 2.66. The van der Waals surface area contributed by atoms with Crippen LogP contribution < -0.4 is 5.32 Å². The molecule has 6 N–H and O–H groups in total. The van der Waals surface area contributed by atoms with Crippen LogP contribution in [0.3, 0.4) is 0 Å². The molecule has 1 saturated heterocycles. The Balaban J connectivity index is 2.64. The van der Waals surface area contributed by atoms with Crippen molar-refractivity contribution in [3.63, 3.8) is 0 Å². The molecule has 0 spiro atoms. The lowest BCUT2D eigenvalue weighted by atomic mass is 10.2. The fourth-order valence-electron chi connectivity index (χ4n) is 1.95. The standard InChI is InChI=1S/C10H19N2O14P3/c1-3-8(14)11-10(15)12(2)9-4-6(13)7(24-9)5-23-28(19,20)26-29(21,22)25-27(16,17)18/h3,6-7,9,13H,1,4-5H2,2H3,(H,19,20)(H,21,22)(H,11,14,15)(H2,16,17,18). The average Bonchev–Trinajstić information content (AvgIpc) is 2.89. The molecule has 0 aromatic heterocycles. The lowest BCUT2D eigenvalue weighted by Gasteiger charge is -2.24. The molecule has 168 valence electrons. The Kier molecular flexibility index (Phi) is 8.87. The number of amides is 3.